The SMILES string of the molecule is Cc1cc(C(N)=O)ccc1CNC1CCC(C(N)=O)CC1. The minimum absolute atomic E-state index is 0.0413. The van der Waals surface area contributed by atoms with Gasteiger partial charge in [-0.15, -0.1) is 0 Å². The fourth-order valence-electron chi connectivity index (χ4n) is 2.88. The summed E-state index contributed by atoms with van der Waals surface area (Å²) in [6.45, 7) is 2.74. The van der Waals surface area contributed by atoms with E-state index in [4.69, 9.17) is 11.5 Å². The third-order valence-electron chi connectivity index (χ3n) is 4.34. The molecule has 114 valence electrons. The molecule has 0 aromatic heterocycles. The van der Waals surface area contributed by atoms with Crippen molar-refractivity contribution in [1.29, 1.82) is 0 Å². The van der Waals surface area contributed by atoms with Crippen LogP contribution in [0.2, 0.25) is 0 Å². The molecule has 5 N–H and O–H groups in total. The predicted molar refractivity (Wildman–Crippen MR) is 81.5 cm³/mol. The lowest BCUT2D eigenvalue weighted by molar-refractivity contribution is -0.122. The predicted octanol–water partition coefficient (Wildman–Crippen LogP) is 1.23. The number of aryl methyl sites for hydroxylation is 1. The van der Waals surface area contributed by atoms with Gasteiger partial charge in [0.25, 0.3) is 0 Å². The van der Waals surface area contributed by atoms with Crippen molar-refractivity contribution in [2.75, 3.05) is 0 Å². The maximum atomic E-state index is 11.1. The first-order valence-electron chi connectivity index (χ1n) is 7.39. The van der Waals surface area contributed by atoms with E-state index < -0.39 is 5.91 Å². The Morgan fingerprint density at radius 2 is 1.86 bits per heavy atom. The van der Waals surface area contributed by atoms with E-state index in [2.05, 4.69) is 5.32 Å². The number of benzene rings is 1. The van der Waals surface area contributed by atoms with E-state index in [0.717, 1.165) is 43.4 Å². The van der Waals surface area contributed by atoms with Gasteiger partial charge in [0.1, 0.15) is 0 Å². The van der Waals surface area contributed by atoms with Gasteiger partial charge in [0.05, 0.1) is 0 Å². The van der Waals surface area contributed by atoms with E-state index in [9.17, 15) is 9.59 Å². The molecule has 1 aliphatic carbocycles. The Balaban J connectivity index is 1.87. The molecule has 5 heteroatoms. The number of amides is 2. The van der Waals surface area contributed by atoms with Crippen LogP contribution >= 0.6 is 0 Å². The Labute approximate surface area is 125 Å². The van der Waals surface area contributed by atoms with Crippen molar-refractivity contribution in [3.8, 4) is 0 Å². The van der Waals surface area contributed by atoms with Crippen molar-refractivity contribution in [1.82, 2.24) is 5.32 Å². The zero-order valence-corrected chi connectivity index (χ0v) is 12.4. The Morgan fingerprint density at radius 1 is 1.19 bits per heavy atom. The van der Waals surface area contributed by atoms with Crippen molar-refractivity contribution in [3.05, 3.63) is 34.9 Å². The molecule has 0 aliphatic heterocycles. The number of hydrogen-bond donors (Lipinski definition) is 3. The van der Waals surface area contributed by atoms with Gasteiger partial charge in [-0.2, -0.15) is 0 Å². The summed E-state index contributed by atoms with van der Waals surface area (Å²) in [4.78, 5) is 22.3. The van der Waals surface area contributed by atoms with Crippen LogP contribution in [0.5, 0.6) is 0 Å². The van der Waals surface area contributed by atoms with Crippen LogP contribution in [-0.2, 0) is 11.3 Å². The van der Waals surface area contributed by atoms with Crippen LogP contribution in [0.1, 0.15) is 47.2 Å². The second kappa shape index (κ2) is 6.72. The van der Waals surface area contributed by atoms with Gasteiger partial charge >= 0.3 is 0 Å². The standard InChI is InChI=1S/C16H23N3O2/c1-10-8-12(16(18)21)2-3-13(10)9-19-14-6-4-11(5-7-14)15(17)20/h2-3,8,11,14,19H,4-7,9H2,1H3,(H2,17,20)(H2,18,21). The first-order chi connectivity index (χ1) is 9.97. The number of carbonyl (C=O) groups is 2. The Kier molecular flexibility index (Phi) is 4.96. The van der Waals surface area contributed by atoms with Gasteiger partial charge in [0.15, 0.2) is 0 Å². The Morgan fingerprint density at radius 3 is 2.38 bits per heavy atom. The van der Waals surface area contributed by atoms with Crippen LogP contribution in [0.4, 0.5) is 0 Å². The van der Waals surface area contributed by atoms with E-state index in [1.54, 1.807) is 6.07 Å². The highest BCUT2D eigenvalue weighted by Gasteiger charge is 2.24. The van der Waals surface area contributed by atoms with E-state index >= 15 is 0 Å². The van der Waals surface area contributed by atoms with Gasteiger partial charge in [-0.3, -0.25) is 9.59 Å². The first-order valence-corrected chi connectivity index (χ1v) is 7.39. The molecule has 1 aromatic carbocycles. The maximum Gasteiger partial charge on any atom is 0.248 e. The van der Waals surface area contributed by atoms with Crippen LogP contribution in [0.3, 0.4) is 0 Å². The molecular weight excluding hydrogens is 266 g/mol. The molecule has 0 bridgehead atoms. The lowest BCUT2D eigenvalue weighted by atomic mass is 9.85. The summed E-state index contributed by atoms with van der Waals surface area (Å²) in [7, 11) is 0. The number of rotatable bonds is 5. The van der Waals surface area contributed by atoms with E-state index in [-0.39, 0.29) is 11.8 Å². The molecule has 21 heavy (non-hydrogen) atoms. The number of carbonyl (C=O) groups excluding carboxylic acids is 2. The molecular formula is C16H23N3O2. The van der Waals surface area contributed by atoms with Crippen LogP contribution in [-0.4, -0.2) is 17.9 Å². The molecule has 0 heterocycles. The summed E-state index contributed by atoms with van der Waals surface area (Å²) in [5.41, 5.74) is 13.4. The molecule has 0 spiro atoms. The minimum atomic E-state index is -0.401. The van der Waals surface area contributed by atoms with Crippen molar-refractivity contribution < 1.29 is 9.59 Å². The summed E-state index contributed by atoms with van der Waals surface area (Å²) in [5.74, 6) is -0.534. The molecule has 0 atom stereocenters. The number of nitrogens with two attached hydrogens (primary N) is 2. The van der Waals surface area contributed by atoms with Crippen molar-refractivity contribution in [2.45, 2.75) is 45.2 Å². The van der Waals surface area contributed by atoms with Crippen LogP contribution < -0.4 is 16.8 Å². The fraction of sp³-hybridized carbons (Fsp3) is 0.500. The number of primary amides is 2. The molecule has 2 amide bonds. The van der Waals surface area contributed by atoms with Crippen molar-refractivity contribution in [2.24, 2.45) is 17.4 Å². The molecule has 2 rings (SSSR count). The van der Waals surface area contributed by atoms with Crippen LogP contribution in [0, 0.1) is 12.8 Å². The topological polar surface area (TPSA) is 98.2 Å². The molecule has 1 fully saturated rings. The lowest BCUT2D eigenvalue weighted by Crippen LogP contribution is -2.36. The summed E-state index contributed by atoms with van der Waals surface area (Å²) >= 11 is 0. The maximum absolute atomic E-state index is 11.1. The first kappa shape index (κ1) is 15.5. The smallest absolute Gasteiger partial charge is 0.248 e. The summed E-state index contributed by atoms with van der Waals surface area (Å²) < 4.78 is 0. The van der Waals surface area contributed by atoms with E-state index in [1.165, 1.54) is 0 Å². The quantitative estimate of drug-likeness (QED) is 0.760. The average molecular weight is 289 g/mol. The fourth-order valence-corrected chi connectivity index (χ4v) is 2.88. The summed E-state index contributed by atoms with van der Waals surface area (Å²) in [5, 5.41) is 3.52. The third-order valence-corrected chi connectivity index (χ3v) is 4.34. The lowest BCUT2D eigenvalue weighted by Gasteiger charge is -2.27. The Hall–Kier alpha value is -1.88. The van der Waals surface area contributed by atoms with Gasteiger partial charge in [-0.05, 0) is 55.9 Å². The highest BCUT2D eigenvalue weighted by Crippen LogP contribution is 2.24. The summed E-state index contributed by atoms with van der Waals surface area (Å²) in [6.07, 6.45) is 3.69. The zero-order valence-electron chi connectivity index (χ0n) is 12.4. The molecule has 0 unspecified atom stereocenters. The van der Waals surface area contributed by atoms with Crippen molar-refractivity contribution >= 4 is 11.8 Å². The molecule has 1 aliphatic rings. The van der Waals surface area contributed by atoms with Gasteiger partial charge in [0.2, 0.25) is 11.8 Å². The van der Waals surface area contributed by atoms with Crippen molar-refractivity contribution in [3.63, 3.8) is 0 Å². The normalized spacial score (nSPS) is 22.0. The number of nitrogens with one attached hydrogen (secondary N) is 1. The monoisotopic (exact) mass is 289 g/mol. The largest absolute Gasteiger partial charge is 0.369 e. The van der Waals surface area contributed by atoms with E-state index in [1.807, 2.05) is 19.1 Å². The Bertz CT molecular complexity index is 534. The molecule has 1 aromatic rings. The molecule has 0 radical (unpaired) electrons. The second-order valence-electron chi connectivity index (χ2n) is 5.84. The highest BCUT2D eigenvalue weighted by atomic mass is 16.1. The van der Waals surface area contributed by atoms with Gasteiger partial charge in [0, 0.05) is 24.1 Å². The molecule has 0 saturated heterocycles. The molecule has 1 saturated carbocycles. The average Bonchev–Trinajstić information content (AvgIpc) is 2.46. The number of hydrogen-bond acceptors (Lipinski definition) is 3. The second-order valence-corrected chi connectivity index (χ2v) is 5.84. The zero-order chi connectivity index (χ0) is 15.4. The minimum Gasteiger partial charge on any atom is -0.369 e. The third kappa shape index (κ3) is 4.04. The van der Waals surface area contributed by atoms with Gasteiger partial charge in [-0.25, -0.2) is 0 Å². The highest BCUT2D eigenvalue weighted by molar-refractivity contribution is 5.93. The van der Waals surface area contributed by atoms with Crippen LogP contribution in [0.25, 0.3) is 0 Å². The van der Waals surface area contributed by atoms with E-state index in [0.29, 0.717) is 11.6 Å². The summed E-state index contributed by atoms with van der Waals surface area (Å²) in [6, 6.07) is 5.95. The van der Waals surface area contributed by atoms with Gasteiger partial charge in [-0.1, -0.05) is 6.07 Å². The van der Waals surface area contributed by atoms with Crippen LogP contribution in [0.15, 0.2) is 18.2 Å². The van der Waals surface area contributed by atoms with Gasteiger partial charge < -0.3 is 16.8 Å². The molecule has 5 nitrogen and oxygen atoms in total.